The molecule has 0 radical (unpaired) electrons. The number of carbonyl (C=O) groups excluding carboxylic acids is 1. The Morgan fingerprint density at radius 2 is 1.91 bits per heavy atom. The number of ether oxygens (including phenoxy) is 2. The Kier molecular flexibility index (Phi) is 5.86. The van der Waals surface area contributed by atoms with Gasteiger partial charge in [-0.05, 0) is 37.7 Å². The summed E-state index contributed by atoms with van der Waals surface area (Å²) in [7, 11) is 1.71. The normalized spacial score (nSPS) is 22.1. The molecule has 0 bridgehead atoms. The monoisotopic (exact) mass is 316 g/mol. The van der Waals surface area contributed by atoms with E-state index in [4.69, 9.17) is 9.47 Å². The van der Waals surface area contributed by atoms with Crippen LogP contribution in [-0.2, 0) is 14.9 Å². The summed E-state index contributed by atoms with van der Waals surface area (Å²) in [6, 6.07) is 8.16. The van der Waals surface area contributed by atoms with Gasteiger partial charge in [0.15, 0.2) is 0 Å². The Morgan fingerprint density at radius 1 is 1.22 bits per heavy atom. The molecule has 3 nitrogen and oxygen atoms in total. The topological polar surface area (TPSA) is 35.5 Å². The van der Waals surface area contributed by atoms with Crippen LogP contribution in [0.2, 0.25) is 0 Å². The van der Waals surface area contributed by atoms with Crippen LogP contribution in [0.3, 0.4) is 0 Å². The van der Waals surface area contributed by atoms with E-state index in [2.05, 4.69) is 19.9 Å². The first kappa shape index (κ1) is 17.6. The van der Waals surface area contributed by atoms with Crippen LogP contribution in [0, 0.1) is 5.92 Å². The fraction of sp³-hybridized carbons (Fsp3) is 0.550. The zero-order chi connectivity index (χ0) is 16.9. The van der Waals surface area contributed by atoms with Crippen molar-refractivity contribution in [1.29, 1.82) is 0 Å². The summed E-state index contributed by atoms with van der Waals surface area (Å²) in [6.07, 6.45) is 7.50. The van der Waals surface area contributed by atoms with Crippen molar-refractivity contribution in [2.24, 2.45) is 5.92 Å². The molecular formula is C20H28O3. The van der Waals surface area contributed by atoms with Crippen LogP contribution in [0.15, 0.2) is 36.4 Å². The van der Waals surface area contributed by atoms with Gasteiger partial charge in [-0.1, -0.05) is 44.5 Å². The van der Waals surface area contributed by atoms with E-state index in [-0.39, 0.29) is 17.5 Å². The van der Waals surface area contributed by atoms with Gasteiger partial charge >= 0.3 is 5.97 Å². The molecule has 0 spiro atoms. The Hall–Kier alpha value is -1.77. The zero-order valence-electron chi connectivity index (χ0n) is 14.7. The van der Waals surface area contributed by atoms with E-state index in [1.807, 2.05) is 25.1 Å². The molecule has 0 heterocycles. The summed E-state index contributed by atoms with van der Waals surface area (Å²) < 4.78 is 11.3. The summed E-state index contributed by atoms with van der Waals surface area (Å²) in [5, 5.41) is 0. The SMILES string of the molecule is C/C=C/C(=O)O[C@H]1CCCC[C@@H]1C(C)(C)c1ccccc1OC. The van der Waals surface area contributed by atoms with E-state index in [0.717, 1.165) is 25.0 Å². The number of rotatable bonds is 5. The molecule has 0 amide bonds. The minimum atomic E-state index is -0.236. The first-order valence-electron chi connectivity index (χ1n) is 8.47. The van der Waals surface area contributed by atoms with Gasteiger partial charge in [-0.15, -0.1) is 0 Å². The molecule has 0 saturated heterocycles. The molecule has 1 aromatic carbocycles. The maximum Gasteiger partial charge on any atom is 0.330 e. The highest BCUT2D eigenvalue weighted by Gasteiger charge is 2.41. The van der Waals surface area contributed by atoms with Gasteiger partial charge in [-0.3, -0.25) is 0 Å². The molecule has 23 heavy (non-hydrogen) atoms. The molecule has 1 aliphatic rings. The molecule has 0 aromatic heterocycles. The third-order valence-electron chi connectivity index (χ3n) is 5.00. The maximum absolute atomic E-state index is 11.9. The van der Waals surface area contributed by atoms with E-state index in [9.17, 15) is 4.79 Å². The van der Waals surface area contributed by atoms with Gasteiger partial charge in [0.25, 0.3) is 0 Å². The molecule has 1 aromatic rings. The molecule has 2 atom stereocenters. The van der Waals surface area contributed by atoms with Gasteiger partial charge in [-0.25, -0.2) is 4.79 Å². The second-order valence-electron chi connectivity index (χ2n) is 6.79. The average Bonchev–Trinajstić information content (AvgIpc) is 2.55. The highest BCUT2D eigenvalue weighted by Crippen LogP contribution is 2.44. The minimum Gasteiger partial charge on any atom is -0.496 e. The van der Waals surface area contributed by atoms with Crippen molar-refractivity contribution >= 4 is 5.97 Å². The fourth-order valence-corrected chi connectivity index (χ4v) is 3.76. The fourth-order valence-electron chi connectivity index (χ4n) is 3.76. The number of carbonyl (C=O) groups is 1. The van der Waals surface area contributed by atoms with Gasteiger partial charge in [0.1, 0.15) is 11.9 Å². The molecular weight excluding hydrogens is 288 g/mol. The summed E-state index contributed by atoms with van der Waals surface area (Å²) in [5.41, 5.74) is 1.06. The van der Waals surface area contributed by atoms with Crippen molar-refractivity contribution in [3.8, 4) is 5.75 Å². The molecule has 2 rings (SSSR count). The summed E-state index contributed by atoms with van der Waals surface area (Å²) in [5.74, 6) is 0.962. The van der Waals surface area contributed by atoms with Crippen molar-refractivity contribution in [3.63, 3.8) is 0 Å². The lowest BCUT2D eigenvalue weighted by Gasteiger charge is -2.42. The van der Waals surface area contributed by atoms with Gasteiger partial charge < -0.3 is 9.47 Å². The molecule has 0 unspecified atom stereocenters. The number of hydrogen-bond donors (Lipinski definition) is 0. The van der Waals surface area contributed by atoms with Gasteiger partial charge in [-0.2, -0.15) is 0 Å². The third kappa shape index (κ3) is 3.95. The van der Waals surface area contributed by atoms with E-state index in [1.165, 1.54) is 18.1 Å². The lowest BCUT2D eigenvalue weighted by Crippen LogP contribution is -2.42. The smallest absolute Gasteiger partial charge is 0.330 e. The minimum absolute atomic E-state index is 0.0348. The first-order chi connectivity index (χ1) is 11.0. The molecule has 1 saturated carbocycles. The van der Waals surface area contributed by atoms with E-state index in [1.54, 1.807) is 13.2 Å². The number of benzene rings is 1. The first-order valence-corrected chi connectivity index (χ1v) is 8.47. The van der Waals surface area contributed by atoms with E-state index >= 15 is 0 Å². The molecule has 1 aliphatic carbocycles. The van der Waals surface area contributed by atoms with Crippen molar-refractivity contribution in [1.82, 2.24) is 0 Å². The number of allylic oxidation sites excluding steroid dienone is 1. The van der Waals surface area contributed by atoms with Crippen molar-refractivity contribution < 1.29 is 14.3 Å². The third-order valence-corrected chi connectivity index (χ3v) is 5.00. The van der Waals surface area contributed by atoms with Crippen molar-refractivity contribution in [3.05, 3.63) is 42.0 Å². The van der Waals surface area contributed by atoms with Crippen LogP contribution in [0.5, 0.6) is 5.75 Å². The summed E-state index contributed by atoms with van der Waals surface area (Å²) >= 11 is 0. The van der Waals surface area contributed by atoms with Crippen LogP contribution in [0.4, 0.5) is 0 Å². The number of methoxy groups -OCH3 is 1. The lowest BCUT2D eigenvalue weighted by atomic mass is 9.66. The predicted octanol–water partition coefficient (Wildman–Crippen LogP) is 4.65. The molecule has 0 N–H and O–H groups in total. The maximum atomic E-state index is 11.9. The zero-order valence-corrected chi connectivity index (χ0v) is 14.7. The number of para-hydroxylation sites is 1. The number of esters is 1. The largest absolute Gasteiger partial charge is 0.496 e. The van der Waals surface area contributed by atoms with Crippen LogP contribution < -0.4 is 4.74 Å². The van der Waals surface area contributed by atoms with Gasteiger partial charge in [0.05, 0.1) is 7.11 Å². The second kappa shape index (κ2) is 7.67. The predicted molar refractivity (Wildman–Crippen MR) is 92.7 cm³/mol. The van der Waals surface area contributed by atoms with Crippen LogP contribution in [0.1, 0.15) is 52.0 Å². The van der Waals surface area contributed by atoms with Gasteiger partial charge in [0, 0.05) is 17.6 Å². The quantitative estimate of drug-likeness (QED) is 0.586. The summed E-state index contributed by atoms with van der Waals surface area (Å²) in [6.45, 7) is 6.30. The Labute approximate surface area is 139 Å². The van der Waals surface area contributed by atoms with Gasteiger partial charge in [0.2, 0.25) is 0 Å². The number of hydrogen-bond acceptors (Lipinski definition) is 3. The van der Waals surface area contributed by atoms with Crippen LogP contribution >= 0.6 is 0 Å². The molecule has 126 valence electrons. The van der Waals surface area contributed by atoms with Crippen molar-refractivity contribution in [2.75, 3.05) is 7.11 Å². The molecule has 0 aliphatic heterocycles. The van der Waals surface area contributed by atoms with E-state index < -0.39 is 0 Å². The standard InChI is InChI=1S/C20H28O3/c1-5-10-19(21)23-18-14-9-7-12-16(18)20(2,3)15-11-6-8-13-17(15)22-4/h5-6,8,10-11,13,16,18H,7,9,12,14H2,1-4H3/b10-5+/t16-,18-/m0/s1. The second-order valence-corrected chi connectivity index (χ2v) is 6.79. The lowest BCUT2D eigenvalue weighted by molar-refractivity contribution is -0.149. The average molecular weight is 316 g/mol. The Balaban J connectivity index is 2.29. The van der Waals surface area contributed by atoms with Crippen LogP contribution in [-0.4, -0.2) is 19.2 Å². The van der Waals surface area contributed by atoms with Crippen molar-refractivity contribution in [2.45, 2.75) is 58.0 Å². The molecule has 3 heteroatoms. The Morgan fingerprint density at radius 3 is 2.61 bits per heavy atom. The van der Waals surface area contributed by atoms with E-state index in [0.29, 0.717) is 5.92 Å². The highest BCUT2D eigenvalue weighted by atomic mass is 16.5. The summed E-state index contributed by atoms with van der Waals surface area (Å²) in [4.78, 5) is 11.9. The Bertz CT molecular complexity index is 560. The molecule has 1 fully saturated rings. The highest BCUT2D eigenvalue weighted by molar-refractivity contribution is 5.82. The van der Waals surface area contributed by atoms with Crippen LogP contribution in [0.25, 0.3) is 0 Å².